The number of halogens is 1. The second kappa shape index (κ2) is 3.17. The fourth-order valence-electron chi connectivity index (χ4n) is 1.45. The van der Waals surface area contributed by atoms with E-state index in [1.807, 2.05) is 0 Å². The van der Waals surface area contributed by atoms with Crippen LogP contribution in [0.5, 0.6) is 0 Å². The Bertz CT molecular complexity index is 307. The van der Waals surface area contributed by atoms with Crippen LogP contribution >= 0.6 is 0 Å². The first-order valence-corrected chi connectivity index (χ1v) is 4.16. The smallest absolute Gasteiger partial charge is 0.293 e. The van der Waals surface area contributed by atoms with Gasteiger partial charge in [-0.05, 0) is 24.1 Å². The van der Waals surface area contributed by atoms with E-state index in [1.165, 1.54) is 12.1 Å². The lowest BCUT2D eigenvalue weighted by Crippen LogP contribution is -1.93. The van der Waals surface area contributed by atoms with E-state index in [-0.39, 0.29) is 17.8 Å². The molecule has 3 heteroatoms. The van der Waals surface area contributed by atoms with Crippen LogP contribution in [0, 0.1) is 5.82 Å². The Morgan fingerprint density at radius 3 is 2.69 bits per heavy atom. The number of hydrogen-bond acceptors (Lipinski definition) is 2. The molecule has 0 spiro atoms. The van der Waals surface area contributed by atoms with Gasteiger partial charge in [-0.15, -0.1) is 0 Å². The molecular weight excluding hydrogens is 171 g/mol. The summed E-state index contributed by atoms with van der Waals surface area (Å²) < 4.78 is 17.3. The van der Waals surface area contributed by atoms with E-state index in [1.54, 1.807) is 12.1 Å². The summed E-state index contributed by atoms with van der Waals surface area (Å²) in [7, 11) is 0. The molecule has 1 fully saturated rings. The van der Waals surface area contributed by atoms with Gasteiger partial charge in [0.2, 0.25) is 0 Å². The Morgan fingerprint density at radius 2 is 2.08 bits per heavy atom. The van der Waals surface area contributed by atoms with Crippen molar-refractivity contribution in [3.63, 3.8) is 0 Å². The lowest BCUT2D eigenvalue weighted by Gasteiger charge is -1.98. The minimum Gasteiger partial charge on any atom is -0.464 e. The van der Waals surface area contributed by atoms with Gasteiger partial charge in [0, 0.05) is 5.92 Å². The molecule has 0 saturated heterocycles. The van der Waals surface area contributed by atoms with Crippen LogP contribution in [0.25, 0.3) is 0 Å². The van der Waals surface area contributed by atoms with E-state index in [4.69, 9.17) is 4.74 Å². The number of benzene rings is 1. The zero-order chi connectivity index (χ0) is 9.26. The fourth-order valence-corrected chi connectivity index (χ4v) is 1.45. The number of hydrogen-bond donors (Lipinski definition) is 0. The van der Waals surface area contributed by atoms with Gasteiger partial charge in [-0.1, -0.05) is 12.1 Å². The van der Waals surface area contributed by atoms with Crippen LogP contribution < -0.4 is 0 Å². The molecule has 1 aliphatic rings. The minimum atomic E-state index is -0.239. The molecule has 0 heterocycles. The van der Waals surface area contributed by atoms with Crippen molar-refractivity contribution in [1.29, 1.82) is 0 Å². The topological polar surface area (TPSA) is 26.3 Å². The van der Waals surface area contributed by atoms with Crippen LogP contribution in [-0.2, 0) is 9.53 Å². The van der Waals surface area contributed by atoms with Crippen molar-refractivity contribution < 1.29 is 13.9 Å². The second-order valence-electron chi connectivity index (χ2n) is 3.16. The molecule has 2 atom stereocenters. The highest BCUT2D eigenvalue weighted by atomic mass is 19.1. The number of rotatable bonds is 3. The SMILES string of the molecule is O=CO[C@H]1C[C@H]1c1ccc(F)cc1. The molecular formula is C10H9FO2. The third-order valence-corrected chi connectivity index (χ3v) is 2.26. The summed E-state index contributed by atoms with van der Waals surface area (Å²) in [6.07, 6.45) is 0.854. The van der Waals surface area contributed by atoms with Gasteiger partial charge < -0.3 is 4.74 Å². The Labute approximate surface area is 75.3 Å². The van der Waals surface area contributed by atoms with Gasteiger partial charge in [0.15, 0.2) is 0 Å². The largest absolute Gasteiger partial charge is 0.464 e. The molecule has 0 N–H and O–H groups in total. The van der Waals surface area contributed by atoms with Crippen LogP contribution in [0.3, 0.4) is 0 Å². The normalized spacial score (nSPS) is 25.3. The van der Waals surface area contributed by atoms with Crippen molar-refractivity contribution >= 4 is 6.47 Å². The molecule has 2 rings (SSSR count). The van der Waals surface area contributed by atoms with Gasteiger partial charge in [-0.2, -0.15) is 0 Å². The van der Waals surface area contributed by atoms with Crippen LogP contribution in [0.1, 0.15) is 17.9 Å². The Kier molecular flexibility index (Phi) is 2.00. The van der Waals surface area contributed by atoms with E-state index >= 15 is 0 Å². The summed E-state index contributed by atoms with van der Waals surface area (Å²) in [5.74, 6) is 0.0306. The number of carbonyl (C=O) groups excluding carboxylic acids is 1. The molecule has 0 aromatic heterocycles. The molecule has 1 saturated carbocycles. The predicted molar refractivity (Wildman–Crippen MR) is 44.7 cm³/mol. The molecule has 0 amide bonds. The monoisotopic (exact) mass is 180 g/mol. The molecule has 2 nitrogen and oxygen atoms in total. The lowest BCUT2D eigenvalue weighted by atomic mass is 10.1. The molecule has 1 aromatic rings. The second-order valence-corrected chi connectivity index (χ2v) is 3.16. The van der Waals surface area contributed by atoms with E-state index in [0.29, 0.717) is 6.47 Å². The average molecular weight is 180 g/mol. The van der Waals surface area contributed by atoms with Crippen molar-refractivity contribution in [1.82, 2.24) is 0 Å². The summed E-state index contributed by atoms with van der Waals surface area (Å²) in [5, 5.41) is 0. The molecule has 1 aliphatic carbocycles. The molecule has 0 bridgehead atoms. The van der Waals surface area contributed by atoms with Crippen molar-refractivity contribution in [3.8, 4) is 0 Å². The van der Waals surface area contributed by atoms with E-state index < -0.39 is 0 Å². The summed E-state index contributed by atoms with van der Waals surface area (Å²) in [5.41, 5.74) is 1.04. The summed E-state index contributed by atoms with van der Waals surface area (Å²) in [6.45, 7) is 0.466. The predicted octanol–water partition coefficient (Wildman–Crippen LogP) is 1.85. The quantitative estimate of drug-likeness (QED) is 0.663. The van der Waals surface area contributed by atoms with Crippen LogP contribution in [0.2, 0.25) is 0 Å². The summed E-state index contributed by atoms with van der Waals surface area (Å²) >= 11 is 0. The van der Waals surface area contributed by atoms with Gasteiger partial charge >= 0.3 is 0 Å². The zero-order valence-electron chi connectivity index (χ0n) is 6.94. The minimum absolute atomic E-state index is 0.00274. The molecule has 68 valence electrons. The Hall–Kier alpha value is -1.38. The molecule has 0 aliphatic heterocycles. The Balaban J connectivity index is 2.03. The van der Waals surface area contributed by atoms with E-state index in [9.17, 15) is 9.18 Å². The standard InChI is InChI=1S/C10H9FO2/c11-8-3-1-7(2-4-8)9-5-10(9)13-6-12/h1-4,6,9-10H,5H2/t9-,10-/m0/s1. The molecule has 13 heavy (non-hydrogen) atoms. The van der Waals surface area contributed by atoms with Gasteiger partial charge in [0.25, 0.3) is 6.47 Å². The maximum atomic E-state index is 12.5. The van der Waals surface area contributed by atoms with Crippen LogP contribution in [0.4, 0.5) is 4.39 Å². The first-order valence-electron chi connectivity index (χ1n) is 4.16. The van der Waals surface area contributed by atoms with Crippen LogP contribution in [-0.4, -0.2) is 12.6 Å². The highest BCUT2D eigenvalue weighted by Crippen LogP contribution is 2.42. The highest BCUT2D eigenvalue weighted by molar-refractivity contribution is 5.40. The highest BCUT2D eigenvalue weighted by Gasteiger charge is 2.40. The van der Waals surface area contributed by atoms with Crippen molar-refractivity contribution in [2.24, 2.45) is 0 Å². The Morgan fingerprint density at radius 1 is 1.38 bits per heavy atom. The van der Waals surface area contributed by atoms with Gasteiger partial charge in [0.05, 0.1) is 0 Å². The van der Waals surface area contributed by atoms with Crippen molar-refractivity contribution in [2.45, 2.75) is 18.4 Å². The van der Waals surface area contributed by atoms with E-state index in [2.05, 4.69) is 0 Å². The lowest BCUT2D eigenvalue weighted by molar-refractivity contribution is -0.129. The molecule has 1 aromatic carbocycles. The van der Waals surface area contributed by atoms with Gasteiger partial charge in [-0.3, -0.25) is 4.79 Å². The summed E-state index contributed by atoms with van der Waals surface area (Å²) in [4.78, 5) is 10.0. The number of carbonyl (C=O) groups is 1. The number of ether oxygens (including phenoxy) is 1. The average Bonchev–Trinajstić information content (AvgIpc) is 2.86. The first-order chi connectivity index (χ1) is 6.31. The van der Waals surface area contributed by atoms with Gasteiger partial charge in [-0.25, -0.2) is 4.39 Å². The zero-order valence-corrected chi connectivity index (χ0v) is 6.94. The third-order valence-electron chi connectivity index (χ3n) is 2.26. The first kappa shape index (κ1) is 8.23. The molecule has 0 unspecified atom stereocenters. The third kappa shape index (κ3) is 1.69. The van der Waals surface area contributed by atoms with Gasteiger partial charge in [0.1, 0.15) is 11.9 Å². The van der Waals surface area contributed by atoms with Crippen molar-refractivity contribution in [3.05, 3.63) is 35.6 Å². The molecule has 0 radical (unpaired) electrons. The fraction of sp³-hybridized carbons (Fsp3) is 0.300. The maximum Gasteiger partial charge on any atom is 0.293 e. The maximum absolute atomic E-state index is 12.5. The van der Waals surface area contributed by atoms with Crippen molar-refractivity contribution in [2.75, 3.05) is 0 Å². The van der Waals surface area contributed by atoms with E-state index in [0.717, 1.165) is 12.0 Å². The summed E-state index contributed by atoms with van der Waals surface area (Å²) in [6, 6.07) is 6.31. The van der Waals surface area contributed by atoms with Crippen LogP contribution in [0.15, 0.2) is 24.3 Å².